The minimum atomic E-state index is -0.526. The number of rotatable bonds is 8. The van der Waals surface area contributed by atoms with Gasteiger partial charge in [0.1, 0.15) is 5.70 Å². The quantitative estimate of drug-likeness (QED) is 0.182. The van der Waals surface area contributed by atoms with E-state index in [1.54, 1.807) is 97.1 Å². The Labute approximate surface area is 230 Å². The molecule has 4 rings (SSSR count). The van der Waals surface area contributed by atoms with Crippen molar-refractivity contribution in [3.63, 3.8) is 0 Å². The molecule has 0 fully saturated rings. The molecule has 0 spiro atoms. The molecule has 2 amide bonds. The summed E-state index contributed by atoms with van der Waals surface area (Å²) in [6, 6.07) is 29.1. The van der Waals surface area contributed by atoms with Crippen molar-refractivity contribution in [1.82, 2.24) is 5.32 Å². The van der Waals surface area contributed by atoms with Gasteiger partial charge in [0, 0.05) is 26.9 Å². The van der Waals surface area contributed by atoms with Gasteiger partial charge in [0.2, 0.25) is 0 Å². The fourth-order valence-corrected chi connectivity index (χ4v) is 3.78. The van der Waals surface area contributed by atoms with E-state index in [2.05, 4.69) is 10.6 Å². The van der Waals surface area contributed by atoms with Crippen molar-refractivity contribution in [3.05, 3.63) is 147 Å². The van der Waals surface area contributed by atoms with Crippen LogP contribution in [-0.4, -0.2) is 17.6 Å². The lowest BCUT2D eigenvalue weighted by Crippen LogP contribution is -2.30. The fourth-order valence-electron chi connectivity index (χ4n) is 3.46. The maximum atomic E-state index is 13.2. The highest BCUT2D eigenvalue weighted by atomic mass is 35.5. The lowest BCUT2D eigenvalue weighted by molar-refractivity contribution is -0.113. The highest BCUT2D eigenvalue weighted by molar-refractivity contribution is 6.32. The Morgan fingerprint density at radius 3 is 2.03 bits per heavy atom. The minimum absolute atomic E-state index is 0.0454. The molecule has 5 nitrogen and oxygen atoms in total. The van der Waals surface area contributed by atoms with E-state index in [0.29, 0.717) is 32.4 Å². The lowest BCUT2D eigenvalue weighted by Gasteiger charge is -2.12. The summed E-state index contributed by atoms with van der Waals surface area (Å²) in [5.41, 5.74) is 2.78. The van der Waals surface area contributed by atoms with Gasteiger partial charge in [0.05, 0.1) is 0 Å². The molecule has 0 atom stereocenters. The van der Waals surface area contributed by atoms with Gasteiger partial charge in [0.25, 0.3) is 11.8 Å². The van der Waals surface area contributed by atoms with Crippen LogP contribution in [0.2, 0.25) is 10.0 Å². The average molecular weight is 541 g/mol. The van der Waals surface area contributed by atoms with Gasteiger partial charge in [-0.05, 0) is 84.0 Å². The van der Waals surface area contributed by atoms with Gasteiger partial charge in [-0.2, -0.15) is 0 Å². The summed E-state index contributed by atoms with van der Waals surface area (Å²) in [6.07, 6.45) is 4.66. The van der Waals surface area contributed by atoms with Crippen LogP contribution in [0.25, 0.3) is 12.2 Å². The van der Waals surface area contributed by atoms with Crippen LogP contribution < -0.4 is 10.6 Å². The van der Waals surface area contributed by atoms with Gasteiger partial charge in [-0.3, -0.25) is 14.4 Å². The molecule has 2 N–H and O–H groups in total. The van der Waals surface area contributed by atoms with Gasteiger partial charge in [-0.1, -0.05) is 71.7 Å². The maximum Gasteiger partial charge on any atom is 0.272 e. The predicted octanol–water partition coefficient (Wildman–Crippen LogP) is 7.30. The summed E-state index contributed by atoms with van der Waals surface area (Å²) in [4.78, 5) is 38.5. The molecule has 38 heavy (non-hydrogen) atoms. The number of ketones is 1. The summed E-state index contributed by atoms with van der Waals surface area (Å²) in [5, 5.41) is 6.56. The number of carbonyl (C=O) groups excluding carboxylic acids is 3. The van der Waals surface area contributed by atoms with E-state index in [1.165, 1.54) is 6.08 Å². The Hall–Kier alpha value is -4.45. The van der Waals surface area contributed by atoms with Gasteiger partial charge < -0.3 is 10.6 Å². The van der Waals surface area contributed by atoms with Crippen molar-refractivity contribution >= 4 is 58.6 Å². The highest BCUT2D eigenvalue weighted by Gasteiger charge is 2.15. The monoisotopic (exact) mass is 540 g/mol. The Kier molecular flexibility index (Phi) is 8.88. The van der Waals surface area contributed by atoms with Crippen molar-refractivity contribution in [2.45, 2.75) is 0 Å². The van der Waals surface area contributed by atoms with Crippen LogP contribution in [-0.2, 0) is 4.79 Å². The van der Waals surface area contributed by atoms with Gasteiger partial charge in [0.15, 0.2) is 5.78 Å². The molecule has 4 aromatic carbocycles. The number of halogens is 2. The Morgan fingerprint density at radius 1 is 0.684 bits per heavy atom. The predicted molar refractivity (Wildman–Crippen MR) is 153 cm³/mol. The van der Waals surface area contributed by atoms with Gasteiger partial charge >= 0.3 is 0 Å². The zero-order valence-corrected chi connectivity index (χ0v) is 21.5. The SMILES string of the molecule is O=C(Nc1ccc(C(=O)/C=C/c2ccccc2Cl)cc1)/C(=C/c1ccc(Cl)cc1)NC(=O)c1ccccc1. The summed E-state index contributed by atoms with van der Waals surface area (Å²) in [7, 11) is 0. The third-order valence-corrected chi connectivity index (χ3v) is 6.05. The molecule has 0 heterocycles. The third-order valence-electron chi connectivity index (χ3n) is 5.46. The topological polar surface area (TPSA) is 75.3 Å². The second-order valence-corrected chi connectivity index (χ2v) is 9.02. The number of nitrogens with one attached hydrogen (secondary N) is 2. The van der Waals surface area contributed by atoms with Crippen LogP contribution in [0.15, 0.2) is 115 Å². The molecule has 0 aliphatic carbocycles. The van der Waals surface area contributed by atoms with Crippen LogP contribution in [0, 0.1) is 0 Å². The molecular weight excluding hydrogens is 519 g/mol. The number of allylic oxidation sites excluding steroid dienone is 1. The number of benzene rings is 4. The van der Waals surface area contributed by atoms with Crippen molar-refractivity contribution < 1.29 is 14.4 Å². The number of hydrogen-bond donors (Lipinski definition) is 2. The minimum Gasteiger partial charge on any atom is -0.321 e. The third kappa shape index (κ3) is 7.29. The first-order valence-corrected chi connectivity index (χ1v) is 12.4. The number of carbonyl (C=O) groups is 3. The number of hydrogen-bond acceptors (Lipinski definition) is 3. The molecule has 188 valence electrons. The molecular formula is C31H22Cl2N2O3. The fraction of sp³-hybridized carbons (Fsp3) is 0. The first-order chi connectivity index (χ1) is 18.4. The molecule has 0 aromatic heterocycles. The Bertz CT molecular complexity index is 1510. The van der Waals surface area contributed by atoms with Crippen molar-refractivity contribution in [2.75, 3.05) is 5.32 Å². The van der Waals surface area contributed by atoms with Crippen molar-refractivity contribution in [1.29, 1.82) is 0 Å². The lowest BCUT2D eigenvalue weighted by atomic mass is 10.1. The van der Waals surface area contributed by atoms with E-state index < -0.39 is 11.8 Å². The van der Waals surface area contributed by atoms with Crippen LogP contribution in [0.4, 0.5) is 5.69 Å². The van der Waals surface area contributed by atoms with E-state index in [9.17, 15) is 14.4 Å². The first kappa shape index (κ1) is 26.6. The maximum absolute atomic E-state index is 13.2. The summed E-state index contributed by atoms with van der Waals surface area (Å²) < 4.78 is 0. The second-order valence-electron chi connectivity index (χ2n) is 8.18. The van der Waals surface area contributed by atoms with E-state index in [1.807, 2.05) is 18.2 Å². The van der Waals surface area contributed by atoms with Crippen LogP contribution >= 0.6 is 23.2 Å². The normalized spacial score (nSPS) is 11.3. The van der Waals surface area contributed by atoms with Gasteiger partial charge in [-0.15, -0.1) is 0 Å². The standard InChI is InChI=1S/C31H22Cl2N2O3/c32-25-15-10-21(11-16-25)20-28(35-30(37)24-7-2-1-3-8-24)31(38)34-26-17-12-23(13-18-26)29(36)19-14-22-6-4-5-9-27(22)33/h1-20H,(H,34,38)(H,35,37)/b19-14+,28-20-. The molecule has 0 aliphatic rings. The highest BCUT2D eigenvalue weighted by Crippen LogP contribution is 2.18. The molecule has 0 saturated heterocycles. The molecule has 0 unspecified atom stereocenters. The van der Waals surface area contributed by atoms with E-state index >= 15 is 0 Å². The van der Waals surface area contributed by atoms with Crippen molar-refractivity contribution in [2.24, 2.45) is 0 Å². The molecule has 0 saturated carbocycles. The molecule has 0 bridgehead atoms. The molecule has 0 aliphatic heterocycles. The van der Waals surface area contributed by atoms with Crippen LogP contribution in [0.3, 0.4) is 0 Å². The average Bonchev–Trinajstić information content (AvgIpc) is 2.94. The number of amides is 2. The second kappa shape index (κ2) is 12.7. The largest absolute Gasteiger partial charge is 0.321 e. The summed E-state index contributed by atoms with van der Waals surface area (Å²) >= 11 is 12.1. The molecule has 4 aromatic rings. The zero-order valence-electron chi connectivity index (χ0n) is 20.0. The molecule has 0 radical (unpaired) electrons. The zero-order chi connectivity index (χ0) is 26.9. The van der Waals surface area contributed by atoms with Crippen molar-refractivity contribution in [3.8, 4) is 0 Å². The molecule has 7 heteroatoms. The van der Waals surface area contributed by atoms with E-state index in [4.69, 9.17) is 23.2 Å². The van der Waals surface area contributed by atoms with E-state index in [0.717, 1.165) is 5.56 Å². The van der Waals surface area contributed by atoms with E-state index in [-0.39, 0.29) is 11.5 Å². The summed E-state index contributed by atoms with van der Waals surface area (Å²) in [6.45, 7) is 0. The van der Waals surface area contributed by atoms with Crippen LogP contribution in [0.5, 0.6) is 0 Å². The summed E-state index contributed by atoms with van der Waals surface area (Å²) in [5.74, 6) is -1.16. The Balaban J connectivity index is 1.49. The van der Waals surface area contributed by atoms with Gasteiger partial charge in [-0.25, -0.2) is 0 Å². The van der Waals surface area contributed by atoms with Crippen LogP contribution in [0.1, 0.15) is 31.8 Å². The first-order valence-electron chi connectivity index (χ1n) is 11.6. The number of anilines is 1. The Morgan fingerprint density at radius 2 is 1.34 bits per heavy atom. The smallest absolute Gasteiger partial charge is 0.272 e.